The highest BCUT2D eigenvalue weighted by atomic mass is 32.1. The fourth-order valence-electron chi connectivity index (χ4n) is 2.85. The van der Waals surface area contributed by atoms with Crippen molar-refractivity contribution >= 4 is 17.1 Å². The van der Waals surface area contributed by atoms with Crippen molar-refractivity contribution in [3.8, 4) is 0 Å². The zero-order valence-corrected chi connectivity index (χ0v) is 12.4. The summed E-state index contributed by atoms with van der Waals surface area (Å²) in [7, 11) is 0. The average Bonchev–Trinajstić information content (AvgIpc) is 3.00. The summed E-state index contributed by atoms with van der Waals surface area (Å²) in [6.45, 7) is 3.95. The van der Waals surface area contributed by atoms with E-state index in [0.29, 0.717) is 12.5 Å². The van der Waals surface area contributed by atoms with Crippen LogP contribution in [-0.4, -0.2) is 41.0 Å². The van der Waals surface area contributed by atoms with Crippen molar-refractivity contribution in [1.82, 2.24) is 4.90 Å². The minimum Gasteiger partial charge on any atom is -0.393 e. The molecule has 0 amide bonds. The van der Waals surface area contributed by atoms with Gasteiger partial charge in [0, 0.05) is 12.5 Å². The summed E-state index contributed by atoms with van der Waals surface area (Å²) >= 11 is 1.53. The van der Waals surface area contributed by atoms with Crippen LogP contribution in [-0.2, 0) is 0 Å². The van der Waals surface area contributed by atoms with Crippen molar-refractivity contribution in [3.63, 3.8) is 0 Å². The summed E-state index contributed by atoms with van der Waals surface area (Å²) < 4.78 is 0. The van der Waals surface area contributed by atoms with Crippen LogP contribution in [0.5, 0.6) is 0 Å². The van der Waals surface area contributed by atoms with Gasteiger partial charge in [0.2, 0.25) is 0 Å². The lowest BCUT2D eigenvalue weighted by Gasteiger charge is -2.25. The fourth-order valence-corrected chi connectivity index (χ4v) is 3.55. The van der Waals surface area contributed by atoms with Crippen LogP contribution in [0.2, 0.25) is 0 Å². The maximum absolute atomic E-state index is 11.9. The second-order valence-corrected chi connectivity index (χ2v) is 6.37. The number of Topliss-reactive ketones (excluding diaryl/α,β-unsaturated/α-hetero) is 1. The number of thiophene rings is 1. The van der Waals surface area contributed by atoms with Gasteiger partial charge >= 0.3 is 0 Å². The van der Waals surface area contributed by atoms with E-state index in [1.54, 1.807) is 0 Å². The Bertz CT molecular complexity index is 389. The molecule has 0 radical (unpaired) electrons. The maximum atomic E-state index is 11.9. The number of hydrogen-bond acceptors (Lipinski definition) is 4. The molecule has 2 unspecified atom stereocenters. The van der Waals surface area contributed by atoms with Gasteiger partial charge in [-0.3, -0.25) is 4.79 Å². The van der Waals surface area contributed by atoms with E-state index in [0.717, 1.165) is 30.8 Å². The van der Waals surface area contributed by atoms with Gasteiger partial charge in [0.1, 0.15) is 0 Å². The quantitative estimate of drug-likeness (QED) is 0.781. The van der Waals surface area contributed by atoms with Gasteiger partial charge < -0.3 is 10.0 Å². The molecule has 0 saturated carbocycles. The molecular weight excluding hydrogens is 258 g/mol. The van der Waals surface area contributed by atoms with Gasteiger partial charge in [-0.2, -0.15) is 0 Å². The van der Waals surface area contributed by atoms with Crippen LogP contribution in [0.3, 0.4) is 0 Å². The van der Waals surface area contributed by atoms with E-state index in [1.165, 1.54) is 24.2 Å². The van der Waals surface area contributed by atoms with E-state index in [2.05, 4.69) is 4.90 Å². The standard InChI is InChI=1S/C15H23NO2S/c1-12(17)11-13-5-2-8-16(13)9-3-6-14(18)15-7-4-10-19-15/h4,7,10,12-13,17H,2-3,5-6,8-9,11H2,1H3. The molecule has 0 bridgehead atoms. The van der Waals surface area contributed by atoms with Crippen molar-refractivity contribution in [2.45, 2.75) is 51.2 Å². The summed E-state index contributed by atoms with van der Waals surface area (Å²) in [5, 5.41) is 11.4. The highest BCUT2D eigenvalue weighted by Crippen LogP contribution is 2.22. The van der Waals surface area contributed by atoms with Crippen LogP contribution in [0.15, 0.2) is 17.5 Å². The SMILES string of the molecule is CC(O)CC1CCCN1CCCC(=O)c1cccs1. The minimum absolute atomic E-state index is 0.224. The summed E-state index contributed by atoms with van der Waals surface area (Å²) in [6, 6.07) is 4.34. The molecule has 2 heterocycles. The average molecular weight is 281 g/mol. The van der Waals surface area contributed by atoms with E-state index >= 15 is 0 Å². The van der Waals surface area contributed by atoms with Crippen molar-refractivity contribution in [2.24, 2.45) is 0 Å². The Labute approximate surface area is 119 Å². The Morgan fingerprint density at radius 1 is 1.63 bits per heavy atom. The molecule has 1 aromatic heterocycles. The molecule has 1 saturated heterocycles. The topological polar surface area (TPSA) is 40.5 Å². The predicted molar refractivity (Wildman–Crippen MR) is 78.8 cm³/mol. The Kier molecular flexibility index (Phi) is 5.55. The van der Waals surface area contributed by atoms with E-state index in [9.17, 15) is 9.90 Å². The molecule has 0 aliphatic carbocycles. The molecule has 1 aliphatic rings. The monoisotopic (exact) mass is 281 g/mol. The van der Waals surface area contributed by atoms with Crippen LogP contribution < -0.4 is 0 Å². The summed E-state index contributed by atoms with van der Waals surface area (Å²) in [5.41, 5.74) is 0. The first-order chi connectivity index (χ1) is 9.16. The van der Waals surface area contributed by atoms with Crippen molar-refractivity contribution in [3.05, 3.63) is 22.4 Å². The Hall–Kier alpha value is -0.710. The number of hydrogen-bond donors (Lipinski definition) is 1. The second-order valence-electron chi connectivity index (χ2n) is 5.42. The molecule has 0 spiro atoms. The molecule has 3 nitrogen and oxygen atoms in total. The Morgan fingerprint density at radius 2 is 2.47 bits per heavy atom. The third-order valence-corrected chi connectivity index (χ3v) is 4.67. The number of ketones is 1. The van der Waals surface area contributed by atoms with Crippen LogP contribution in [0.25, 0.3) is 0 Å². The smallest absolute Gasteiger partial charge is 0.172 e. The predicted octanol–water partition coefficient (Wildman–Crippen LogP) is 2.95. The van der Waals surface area contributed by atoms with Gasteiger partial charge in [0.15, 0.2) is 5.78 Å². The molecule has 1 fully saturated rings. The molecule has 2 atom stereocenters. The van der Waals surface area contributed by atoms with Gasteiger partial charge in [-0.25, -0.2) is 0 Å². The van der Waals surface area contributed by atoms with Gasteiger partial charge in [-0.15, -0.1) is 11.3 Å². The molecule has 19 heavy (non-hydrogen) atoms. The molecule has 1 aliphatic heterocycles. The Balaban J connectivity index is 1.71. The van der Waals surface area contributed by atoms with E-state index < -0.39 is 0 Å². The van der Waals surface area contributed by atoms with Gasteiger partial charge in [0.05, 0.1) is 11.0 Å². The summed E-state index contributed by atoms with van der Waals surface area (Å²) in [4.78, 5) is 15.2. The van der Waals surface area contributed by atoms with Crippen molar-refractivity contribution in [1.29, 1.82) is 0 Å². The lowest BCUT2D eigenvalue weighted by atomic mass is 10.1. The number of aliphatic hydroxyl groups excluding tert-OH is 1. The number of likely N-dealkylation sites (tertiary alicyclic amines) is 1. The van der Waals surface area contributed by atoms with Crippen LogP contribution >= 0.6 is 11.3 Å². The first kappa shape index (κ1) is 14.7. The Morgan fingerprint density at radius 3 is 3.16 bits per heavy atom. The van der Waals surface area contributed by atoms with Gasteiger partial charge in [-0.05, 0) is 57.1 Å². The first-order valence-electron chi connectivity index (χ1n) is 7.15. The molecule has 1 aromatic rings. The third-order valence-electron chi connectivity index (χ3n) is 3.76. The third kappa shape index (κ3) is 4.41. The largest absolute Gasteiger partial charge is 0.393 e. The number of rotatable bonds is 7. The van der Waals surface area contributed by atoms with Crippen LogP contribution in [0.1, 0.15) is 48.7 Å². The first-order valence-corrected chi connectivity index (χ1v) is 8.03. The van der Waals surface area contributed by atoms with E-state index in [4.69, 9.17) is 0 Å². The molecule has 106 valence electrons. The molecule has 2 rings (SSSR count). The van der Waals surface area contributed by atoms with E-state index in [-0.39, 0.29) is 11.9 Å². The van der Waals surface area contributed by atoms with Gasteiger partial charge in [-0.1, -0.05) is 6.07 Å². The van der Waals surface area contributed by atoms with Crippen LogP contribution in [0, 0.1) is 0 Å². The highest BCUT2D eigenvalue weighted by molar-refractivity contribution is 7.12. The number of nitrogens with zero attached hydrogens (tertiary/aromatic N) is 1. The molecular formula is C15H23NO2S. The highest BCUT2D eigenvalue weighted by Gasteiger charge is 2.25. The lowest BCUT2D eigenvalue weighted by molar-refractivity contribution is 0.0970. The lowest BCUT2D eigenvalue weighted by Crippen LogP contribution is -2.32. The van der Waals surface area contributed by atoms with Crippen molar-refractivity contribution in [2.75, 3.05) is 13.1 Å². The fraction of sp³-hybridized carbons (Fsp3) is 0.667. The normalized spacial score (nSPS) is 21.7. The number of carbonyl (C=O) groups is 1. The molecule has 0 aromatic carbocycles. The van der Waals surface area contributed by atoms with Crippen molar-refractivity contribution < 1.29 is 9.90 Å². The molecule has 4 heteroatoms. The summed E-state index contributed by atoms with van der Waals surface area (Å²) in [5.74, 6) is 0.265. The van der Waals surface area contributed by atoms with E-state index in [1.807, 2.05) is 24.4 Å². The maximum Gasteiger partial charge on any atom is 0.172 e. The summed E-state index contributed by atoms with van der Waals surface area (Å²) in [6.07, 6.45) is 4.60. The number of carbonyl (C=O) groups excluding carboxylic acids is 1. The minimum atomic E-state index is -0.224. The number of aliphatic hydroxyl groups is 1. The second kappa shape index (κ2) is 7.17. The zero-order valence-electron chi connectivity index (χ0n) is 11.5. The molecule has 1 N–H and O–H groups in total. The zero-order chi connectivity index (χ0) is 13.7. The van der Waals surface area contributed by atoms with Gasteiger partial charge in [0.25, 0.3) is 0 Å². The van der Waals surface area contributed by atoms with Crippen LogP contribution in [0.4, 0.5) is 0 Å².